The Morgan fingerprint density at radius 3 is 2.55 bits per heavy atom. The maximum atomic E-state index is 12.6. The van der Waals surface area contributed by atoms with Crippen molar-refractivity contribution >= 4 is 16.7 Å². The van der Waals surface area contributed by atoms with Gasteiger partial charge in [-0.3, -0.25) is 4.79 Å². The van der Waals surface area contributed by atoms with Crippen molar-refractivity contribution in [2.45, 2.75) is 0 Å². The van der Waals surface area contributed by atoms with Crippen LogP contribution in [0.25, 0.3) is 22.1 Å². The number of hydrogen-bond acceptors (Lipinski definition) is 6. The second kappa shape index (κ2) is 5.33. The van der Waals surface area contributed by atoms with Crippen LogP contribution >= 0.6 is 0 Å². The molecule has 1 N–H and O–H groups in total. The van der Waals surface area contributed by atoms with Crippen molar-refractivity contribution in [2.24, 2.45) is 5.18 Å². The van der Waals surface area contributed by atoms with E-state index in [1.165, 1.54) is 12.3 Å². The minimum Gasteiger partial charge on any atom is -0.508 e. The van der Waals surface area contributed by atoms with Crippen molar-refractivity contribution < 1.29 is 14.3 Å². The summed E-state index contributed by atoms with van der Waals surface area (Å²) in [4.78, 5) is 23.5. The summed E-state index contributed by atoms with van der Waals surface area (Å²) in [5.41, 5.74) is 0.490. The first-order chi connectivity index (χ1) is 10.6. The highest BCUT2D eigenvalue weighted by atomic mass is 16.5. The highest BCUT2D eigenvalue weighted by Gasteiger charge is 2.14. The smallest absolute Gasteiger partial charge is 0.202 e. The summed E-state index contributed by atoms with van der Waals surface area (Å²) in [6.45, 7) is 0. The van der Waals surface area contributed by atoms with Crippen molar-refractivity contribution in [3.8, 4) is 22.6 Å². The van der Waals surface area contributed by atoms with Crippen LogP contribution in [0.15, 0.2) is 57.0 Å². The highest BCUT2D eigenvalue weighted by Crippen LogP contribution is 2.30. The average molecular weight is 297 g/mol. The molecular formula is C16H11NO5. The Morgan fingerprint density at radius 2 is 1.91 bits per heavy atom. The molecule has 110 valence electrons. The average Bonchev–Trinajstić information content (AvgIpc) is 2.54. The van der Waals surface area contributed by atoms with Gasteiger partial charge in [-0.05, 0) is 22.9 Å². The van der Waals surface area contributed by atoms with E-state index >= 15 is 0 Å². The van der Waals surface area contributed by atoms with Gasteiger partial charge in [-0.1, -0.05) is 12.1 Å². The van der Waals surface area contributed by atoms with Crippen molar-refractivity contribution in [1.29, 1.82) is 0 Å². The van der Waals surface area contributed by atoms with Gasteiger partial charge in [-0.25, -0.2) is 0 Å². The molecule has 6 nitrogen and oxygen atoms in total. The lowest BCUT2D eigenvalue weighted by molar-refractivity contribution is 0.415. The van der Waals surface area contributed by atoms with Crippen molar-refractivity contribution in [1.82, 2.24) is 0 Å². The van der Waals surface area contributed by atoms with Crippen LogP contribution in [0.5, 0.6) is 11.5 Å². The lowest BCUT2D eigenvalue weighted by Crippen LogP contribution is -2.05. The summed E-state index contributed by atoms with van der Waals surface area (Å²) in [6, 6.07) is 9.26. The highest BCUT2D eigenvalue weighted by molar-refractivity contribution is 5.92. The van der Waals surface area contributed by atoms with E-state index in [1.54, 1.807) is 31.4 Å². The third-order valence-corrected chi connectivity index (χ3v) is 3.34. The number of benzene rings is 2. The summed E-state index contributed by atoms with van der Waals surface area (Å²) in [5, 5.41) is 12.3. The molecule has 0 aliphatic carbocycles. The molecular weight excluding hydrogens is 286 g/mol. The lowest BCUT2D eigenvalue weighted by Gasteiger charge is -2.05. The van der Waals surface area contributed by atoms with Crippen LogP contribution < -0.4 is 10.2 Å². The van der Waals surface area contributed by atoms with Gasteiger partial charge >= 0.3 is 0 Å². The van der Waals surface area contributed by atoms with Crippen LogP contribution in [0.3, 0.4) is 0 Å². The van der Waals surface area contributed by atoms with Gasteiger partial charge < -0.3 is 14.3 Å². The Bertz CT molecular complexity index is 912. The van der Waals surface area contributed by atoms with E-state index < -0.39 is 0 Å². The van der Waals surface area contributed by atoms with Gasteiger partial charge in [0.25, 0.3) is 0 Å². The summed E-state index contributed by atoms with van der Waals surface area (Å²) >= 11 is 0. The normalized spacial score (nSPS) is 10.6. The zero-order valence-electron chi connectivity index (χ0n) is 11.6. The summed E-state index contributed by atoms with van der Waals surface area (Å²) in [5.74, 6) is 0.469. The predicted molar refractivity (Wildman–Crippen MR) is 81.6 cm³/mol. The molecule has 6 heteroatoms. The molecule has 0 atom stereocenters. The molecule has 3 aromatic rings. The van der Waals surface area contributed by atoms with Crippen LogP contribution in [0.1, 0.15) is 0 Å². The van der Waals surface area contributed by atoms with E-state index in [0.717, 1.165) is 6.07 Å². The van der Waals surface area contributed by atoms with Gasteiger partial charge in [0.05, 0.1) is 18.1 Å². The molecule has 0 unspecified atom stereocenters. The Balaban J connectivity index is 2.27. The molecule has 1 heterocycles. The number of phenols is 1. The molecule has 3 rings (SSSR count). The Hall–Kier alpha value is -3.15. The zero-order valence-corrected chi connectivity index (χ0v) is 11.6. The van der Waals surface area contributed by atoms with Gasteiger partial charge in [-0.2, -0.15) is 0 Å². The third kappa shape index (κ3) is 2.20. The molecule has 0 amide bonds. The number of ether oxygens (including phenoxy) is 1. The first-order valence-electron chi connectivity index (χ1n) is 6.40. The van der Waals surface area contributed by atoms with E-state index in [2.05, 4.69) is 5.18 Å². The fourth-order valence-electron chi connectivity index (χ4n) is 2.26. The van der Waals surface area contributed by atoms with E-state index in [0.29, 0.717) is 16.9 Å². The number of fused-ring (bicyclic) bond motifs is 1. The van der Waals surface area contributed by atoms with Crippen LogP contribution in [0.2, 0.25) is 0 Å². The summed E-state index contributed by atoms with van der Waals surface area (Å²) in [7, 11) is 1.55. The van der Waals surface area contributed by atoms with E-state index in [4.69, 9.17) is 9.15 Å². The van der Waals surface area contributed by atoms with Gasteiger partial charge in [0.2, 0.25) is 5.43 Å². The van der Waals surface area contributed by atoms with Crippen LogP contribution in [0, 0.1) is 4.91 Å². The minimum atomic E-state index is -0.388. The van der Waals surface area contributed by atoms with Gasteiger partial charge in [-0.15, -0.1) is 4.91 Å². The van der Waals surface area contributed by atoms with Gasteiger partial charge in [0.1, 0.15) is 29.0 Å². The first-order valence-corrected chi connectivity index (χ1v) is 6.40. The molecule has 0 radical (unpaired) electrons. The molecule has 0 saturated heterocycles. The van der Waals surface area contributed by atoms with E-state index in [-0.39, 0.29) is 27.8 Å². The molecule has 0 bridgehead atoms. The Labute approximate surface area is 124 Å². The number of aromatic hydroxyl groups is 1. The van der Waals surface area contributed by atoms with Crippen molar-refractivity contribution in [3.63, 3.8) is 0 Å². The first kappa shape index (κ1) is 13.8. The topological polar surface area (TPSA) is 89.1 Å². The molecule has 1 aromatic heterocycles. The lowest BCUT2D eigenvalue weighted by atomic mass is 10.0. The fraction of sp³-hybridized carbons (Fsp3) is 0.0625. The van der Waals surface area contributed by atoms with Gasteiger partial charge in [0.15, 0.2) is 0 Å². The SMILES string of the molecule is COc1ccc(-c2coc3cc(O)cc(N=O)c3c2=O)cc1. The number of phenolic OH excluding ortho intramolecular Hbond substituents is 1. The molecule has 0 aliphatic heterocycles. The standard InChI is InChI=1S/C16H11NO5/c1-21-11-4-2-9(3-5-11)12-8-22-14-7-10(18)6-13(17-20)15(14)16(12)19/h2-8,18H,1H3. The molecule has 22 heavy (non-hydrogen) atoms. The number of nitroso groups, excluding NO2 is 1. The maximum Gasteiger partial charge on any atom is 0.202 e. The molecule has 0 saturated carbocycles. The molecule has 0 aliphatic rings. The number of rotatable bonds is 3. The number of methoxy groups -OCH3 is 1. The summed E-state index contributed by atoms with van der Waals surface area (Å²) in [6.07, 6.45) is 1.29. The molecule has 0 spiro atoms. The maximum absolute atomic E-state index is 12.6. The zero-order chi connectivity index (χ0) is 15.7. The minimum absolute atomic E-state index is 0.0427. The van der Waals surface area contributed by atoms with Crippen molar-refractivity contribution in [2.75, 3.05) is 7.11 Å². The predicted octanol–water partition coefficient (Wildman–Crippen LogP) is 3.57. The van der Waals surface area contributed by atoms with Crippen LogP contribution in [-0.2, 0) is 0 Å². The second-order valence-electron chi connectivity index (χ2n) is 4.64. The van der Waals surface area contributed by atoms with E-state index in [1.807, 2.05) is 0 Å². The van der Waals surface area contributed by atoms with Crippen molar-refractivity contribution in [3.05, 3.63) is 57.8 Å². The quantitative estimate of drug-likeness (QED) is 0.746. The Kier molecular flexibility index (Phi) is 3.34. The molecule has 2 aromatic carbocycles. The van der Waals surface area contributed by atoms with Gasteiger partial charge in [0, 0.05) is 12.1 Å². The van der Waals surface area contributed by atoms with Crippen LogP contribution in [-0.4, -0.2) is 12.2 Å². The summed E-state index contributed by atoms with van der Waals surface area (Å²) < 4.78 is 10.4. The third-order valence-electron chi connectivity index (χ3n) is 3.34. The monoisotopic (exact) mass is 297 g/mol. The largest absolute Gasteiger partial charge is 0.508 e. The Morgan fingerprint density at radius 1 is 1.18 bits per heavy atom. The fourth-order valence-corrected chi connectivity index (χ4v) is 2.26. The number of hydrogen-bond donors (Lipinski definition) is 1. The second-order valence-corrected chi connectivity index (χ2v) is 4.64. The number of nitrogens with zero attached hydrogens (tertiary/aromatic N) is 1. The van der Waals surface area contributed by atoms with Crippen LogP contribution in [0.4, 0.5) is 5.69 Å². The van der Waals surface area contributed by atoms with E-state index in [9.17, 15) is 14.8 Å². The molecule has 0 fully saturated rings.